The fraction of sp³-hybridized carbons (Fsp3) is 0.133. The van der Waals surface area contributed by atoms with Crippen molar-refractivity contribution in [1.82, 2.24) is 0 Å². The highest BCUT2D eigenvalue weighted by atomic mass is 127. The molecule has 0 saturated heterocycles. The van der Waals surface area contributed by atoms with Gasteiger partial charge in [0.15, 0.2) is 0 Å². The number of hydrogen-bond donors (Lipinski definition) is 1. The summed E-state index contributed by atoms with van der Waals surface area (Å²) in [5.41, 5.74) is 7.45. The summed E-state index contributed by atoms with van der Waals surface area (Å²) in [5.74, 6) is 0.302. The molecule has 0 atom stereocenters. The van der Waals surface area contributed by atoms with Crippen LogP contribution in [0.1, 0.15) is 15.9 Å². The van der Waals surface area contributed by atoms with Crippen LogP contribution >= 0.6 is 22.6 Å². The van der Waals surface area contributed by atoms with Gasteiger partial charge in [0.1, 0.15) is 12.4 Å². The minimum absolute atomic E-state index is 0.181. The summed E-state index contributed by atoms with van der Waals surface area (Å²) in [5, 5.41) is 0. The Labute approximate surface area is 131 Å². The van der Waals surface area contributed by atoms with Gasteiger partial charge in [-0.15, -0.1) is 0 Å². The van der Waals surface area contributed by atoms with Crippen LogP contribution in [0.2, 0.25) is 0 Å². The molecule has 0 saturated carbocycles. The SMILES string of the molecule is COc1cccc(COC(=O)c2cc(I)ccc2N)c1. The molecule has 104 valence electrons. The highest BCUT2D eigenvalue weighted by Gasteiger charge is 2.12. The zero-order chi connectivity index (χ0) is 14.5. The van der Waals surface area contributed by atoms with Crippen molar-refractivity contribution in [3.63, 3.8) is 0 Å². The van der Waals surface area contributed by atoms with E-state index in [1.807, 2.05) is 30.3 Å². The topological polar surface area (TPSA) is 61.5 Å². The van der Waals surface area contributed by atoms with Crippen LogP contribution in [0.5, 0.6) is 5.75 Å². The lowest BCUT2D eigenvalue weighted by atomic mass is 10.2. The first kappa shape index (κ1) is 14.6. The Morgan fingerprint density at radius 1 is 1.25 bits per heavy atom. The molecule has 0 spiro atoms. The minimum atomic E-state index is -0.427. The molecule has 0 radical (unpaired) electrons. The first-order valence-corrected chi connectivity index (χ1v) is 7.03. The Bertz CT molecular complexity index is 628. The van der Waals surface area contributed by atoms with E-state index in [-0.39, 0.29) is 6.61 Å². The molecule has 0 aliphatic heterocycles. The Hall–Kier alpha value is -1.76. The van der Waals surface area contributed by atoms with Gasteiger partial charge < -0.3 is 15.2 Å². The van der Waals surface area contributed by atoms with E-state index in [9.17, 15) is 4.79 Å². The standard InChI is InChI=1S/C15H14INO3/c1-19-12-4-2-3-10(7-12)9-20-15(18)13-8-11(16)5-6-14(13)17/h2-8H,9,17H2,1H3. The molecule has 5 heteroatoms. The van der Waals surface area contributed by atoms with E-state index in [0.717, 1.165) is 14.9 Å². The Balaban J connectivity index is 2.06. The monoisotopic (exact) mass is 383 g/mol. The second kappa shape index (κ2) is 6.60. The third-order valence-electron chi connectivity index (χ3n) is 2.74. The predicted molar refractivity (Wildman–Crippen MR) is 85.7 cm³/mol. The number of anilines is 1. The van der Waals surface area contributed by atoms with Crippen molar-refractivity contribution >= 4 is 34.2 Å². The molecule has 0 bridgehead atoms. The number of nitrogens with two attached hydrogens (primary N) is 1. The Morgan fingerprint density at radius 2 is 2.05 bits per heavy atom. The summed E-state index contributed by atoms with van der Waals surface area (Å²) < 4.78 is 11.3. The number of ether oxygens (including phenoxy) is 2. The molecule has 2 aromatic rings. The number of methoxy groups -OCH3 is 1. The highest BCUT2D eigenvalue weighted by Crippen LogP contribution is 2.18. The van der Waals surface area contributed by atoms with Crippen molar-refractivity contribution in [2.45, 2.75) is 6.61 Å². The Morgan fingerprint density at radius 3 is 2.80 bits per heavy atom. The van der Waals surface area contributed by atoms with Crippen LogP contribution in [-0.4, -0.2) is 13.1 Å². The van der Waals surface area contributed by atoms with E-state index in [0.29, 0.717) is 11.3 Å². The number of hydrogen-bond acceptors (Lipinski definition) is 4. The molecular weight excluding hydrogens is 369 g/mol. The van der Waals surface area contributed by atoms with Gasteiger partial charge in [0.2, 0.25) is 0 Å². The van der Waals surface area contributed by atoms with E-state index in [1.165, 1.54) is 0 Å². The molecule has 0 amide bonds. The number of benzene rings is 2. The van der Waals surface area contributed by atoms with Crippen molar-refractivity contribution in [2.75, 3.05) is 12.8 Å². The van der Waals surface area contributed by atoms with Crippen molar-refractivity contribution in [1.29, 1.82) is 0 Å². The molecule has 2 N–H and O–H groups in total. The second-order valence-corrected chi connectivity index (χ2v) is 5.40. The summed E-state index contributed by atoms with van der Waals surface area (Å²) in [6, 6.07) is 12.6. The number of esters is 1. The van der Waals surface area contributed by atoms with Crippen molar-refractivity contribution in [3.05, 3.63) is 57.2 Å². The predicted octanol–water partition coefficient (Wildman–Crippen LogP) is 3.24. The summed E-state index contributed by atoms with van der Waals surface area (Å²) >= 11 is 2.12. The highest BCUT2D eigenvalue weighted by molar-refractivity contribution is 14.1. The van der Waals surface area contributed by atoms with Gasteiger partial charge in [-0.3, -0.25) is 0 Å². The van der Waals surface area contributed by atoms with E-state index in [2.05, 4.69) is 22.6 Å². The molecule has 2 rings (SSSR count). The number of nitrogen functional groups attached to an aromatic ring is 1. The average Bonchev–Trinajstić information content (AvgIpc) is 2.47. The van der Waals surface area contributed by atoms with Crippen LogP contribution in [0.4, 0.5) is 5.69 Å². The van der Waals surface area contributed by atoms with E-state index < -0.39 is 5.97 Å². The second-order valence-electron chi connectivity index (χ2n) is 4.16. The lowest BCUT2D eigenvalue weighted by Crippen LogP contribution is -2.08. The van der Waals surface area contributed by atoms with Gasteiger partial charge in [0, 0.05) is 9.26 Å². The first-order chi connectivity index (χ1) is 9.60. The van der Waals surface area contributed by atoms with Gasteiger partial charge in [-0.25, -0.2) is 4.79 Å². The van der Waals surface area contributed by atoms with Crippen LogP contribution < -0.4 is 10.5 Å². The van der Waals surface area contributed by atoms with Crippen molar-refractivity contribution in [3.8, 4) is 5.75 Å². The van der Waals surface area contributed by atoms with Gasteiger partial charge >= 0.3 is 5.97 Å². The summed E-state index contributed by atoms with van der Waals surface area (Å²) in [4.78, 5) is 12.0. The van der Waals surface area contributed by atoms with Crippen LogP contribution in [-0.2, 0) is 11.3 Å². The maximum absolute atomic E-state index is 12.0. The number of halogens is 1. The molecule has 0 fully saturated rings. The third-order valence-corrected chi connectivity index (χ3v) is 3.41. The Kier molecular flexibility index (Phi) is 4.84. The summed E-state index contributed by atoms with van der Waals surface area (Å²) in [6.45, 7) is 0.181. The van der Waals surface area contributed by atoms with Crippen molar-refractivity contribution < 1.29 is 14.3 Å². The number of carbonyl (C=O) groups excluding carboxylic acids is 1. The molecule has 0 heterocycles. The maximum atomic E-state index is 12.0. The molecule has 4 nitrogen and oxygen atoms in total. The van der Waals surface area contributed by atoms with E-state index in [4.69, 9.17) is 15.2 Å². The van der Waals surface area contributed by atoms with Gasteiger partial charge in [0.05, 0.1) is 12.7 Å². The largest absolute Gasteiger partial charge is 0.497 e. The van der Waals surface area contributed by atoms with Crippen LogP contribution in [0.25, 0.3) is 0 Å². The third kappa shape index (κ3) is 3.63. The summed E-state index contributed by atoms with van der Waals surface area (Å²) in [7, 11) is 1.59. The quantitative estimate of drug-likeness (QED) is 0.500. The molecule has 0 aliphatic rings. The van der Waals surface area contributed by atoms with Crippen LogP contribution in [0.15, 0.2) is 42.5 Å². The fourth-order valence-corrected chi connectivity index (χ4v) is 2.19. The number of rotatable bonds is 4. The van der Waals surface area contributed by atoms with Crippen LogP contribution in [0, 0.1) is 3.57 Å². The molecule has 0 aliphatic carbocycles. The van der Waals surface area contributed by atoms with Gasteiger partial charge in [0.25, 0.3) is 0 Å². The van der Waals surface area contributed by atoms with Gasteiger partial charge in [-0.2, -0.15) is 0 Å². The molecular formula is C15H14INO3. The smallest absolute Gasteiger partial charge is 0.340 e. The first-order valence-electron chi connectivity index (χ1n) is 5.95. The van der Waals surface area contributed by atoms with Gasteiger partial charge in [-0.05, 0) is 58.5 Å². The zero-order valence-corrected chi connectivity index (χ0v) is 13.1. The lowest BCUT2D eigenvalue weighted by Gasteiger charge is -2.08. The fourth-order valence-electron chi connectivity index (χ4n) is 1.69. The van der Waals surface area contributed by atoms with Crippen LogP contribution in [0.3, 0.4) is 0 Å². The van der Waals surface area contributed by atoms with E-state index in [1.54, 1.807) is 19.2 Å². The van der Waals surface area contributed by atoms with Gasteiger partial charge in [-0.1, -0.05) is 12.1 Å². The zero-order valence-electron chi connectivity index (χ0n) is 10.9. The van der Waals surface area contributed by atoms with E-state index >= 15 is 0 Å². The number of carbonyl (C=O) groups is 1. The lowest BCUT2D eigenvalue weighted by molar-refractivity contribution is 0.0473. The molecule has 0 unspecified atom stereocenters. The average molecular weight is 383 g/mol. The summed E-state index contributed by atoms with van der Waals surface area (Å²) in [6.07, 6.45) is 0. The molecule has 0 aromatic heterocycles. The molecule has 2 aromatic carbocycles. The van der Waals surface area contributed by atoms with Crippen molar-refractivity contribution in [2.24, 2.45) is 0 Å². The molecule has 20 heavy (non-hydrogen) atoms. The normalized spacial score (nSPS) is 10.1. The minimum Gasteiger partial charge on any atom is -0.497 e. The maximum Gasteiger partial charge on any atom is 0.340 e.